The smallest absolute Gasteiger partial charge is 0.243 e. The Bertz CT molecular complexity index is 678. The minimum Gasteiger partial charge on any atom is -0.340 e. The molecule has 1 aliphatic heterocycles. The third kappa shape index (κ3) is 4.36. The molecule has 1 fully saturated rings. The molecule has 24 heavy (non-hydrogen) atoms. The van der Waals surface area contributed by atoms with Crippen molar-refractivity contribution < 1.29 is 13.2 Å². The molecule has 134 valence electrons. The first-order valence-electron chi connectivity index (χ1n) is 8.71. The first-order chi connectivity index (χ1) is 11.4. The maximum absolute atomic E-state index is 12.9. The molecule has 1 aromatic rings. The molecule has 0 atom stereocenters. The third-order valence-electron chi connectivity index (χ3n) is 4.55. The molecule has 1 amide bonds. The van der Waals surface area contributed by atoms with Gasteiger partial charge in [0.2, 0.25) is 15.9 Å². The Kier molecular flexibility index (Phi) is 6.40. The van der Waals surface area contributed by atoms with Crippen LogP contribution in [0.3, 0.4) is 0 Å². The second-order valence-electron chi connectivity index (χ2n) is 6.51. The largest absolute Gasteiger partial charge is 0.340 e. The normalized spacial score (nSPS) is 16.4. The van der Waals surface area contributed by atoms with Gasteiger partial charge in [0.1, 0.15) is 0 Å². The number of sulfonamides is 1. The van der Waals surface area contributed by atoms with Crippen LogP contribution in [0.4, 0.5) is 0 Å². The summed E-state index contributed by atoms with van der Waals surface area (Å²) in [7, 11) is -3.49. The van der Waals surface area contributed by atoms with Gasteiger partial charge in [-0.05, 0) is 37.5 Å². The lowest BCUT2D eigenvalue weighted by molar-refractivity contribution is -0.132. The quantitative estimate of drug-likeness (QED) is 0.740. The second-order valence-corrected chi connectivity index (χ2v) is 8.42. The highest BCUT2D eigenvalue weighted by Crippen LogP contribution is 2.22. The van der Waals surface area contributed by atoms with Crippen LogP contribution in [0.2, 0.25) is 0 Å². The zero-order valence-electron chi connectivity index (χ0n) is 14.9. The fourth-order valence-electron chi connectivity index (χ4n) is 2.99. The summed E-state index contributed by atoms with van der Waals surface area (Å²) in [6.07, 6.45) is 3.63. The lowest BCUT2D eigenvalue weighted by atomic mass is 10.2. The van der Waals surface area contributed by atoms with Crippen LogP contribution in [0.25, 0.3) is 0 Å². The molecular weight excluding hydrogens is 324 g/mol. The van der Waals surface area contributed by atoms with Gasteiger partial charge in [0.15, 0.2) is 0 Å². The number of amides is 1. The van der Waals surface area contributed by atoms with Crippen molar-refractivity contribution in [3.8, 4) is 0 Å². The van der Waals surface area contributed by atoms with Crippen molar-refractivity contribution in [3.63, 3.8) is 0 Å². The monoisotopic (exact) mass is 352 g/mol. The van der Waals surface area contributed by atoms with E-state index in [-0.39, 0.29) is 5.91 Å². The van der Waals surface area contributed by atoms with E-state index >= 15 is 0 Å². The molecule has 0 aliphatic carbocycles. The van der Waals surface area contributed by atoms with E-state index in [1.54, 1.807) is 11.0 Å². The molecule has 0 radical (unpaired) electrons. The van der Waals surface area contributed by atoms with E-state index in [1.165, 1.54) is 4.31 Å². The predicted octanol–water partition coefficient (Wildman–Crippen LogP) is 2.72. The van der Waals surface area contributed by atoms with Crippen molar-refractivity contribution >= 4 is 15.9 Å². The maximum Gasteiger partial charge on any atom is 0.243 e. The van der Waals surface area contributed by atoms with Gasteiger partial charge in [-0.1, -0.05) is 31.9 Å². The minimum absolute atomic E-state index is 0.146. The predicted molar refractivity (Wildman–Crippen MR) is 95.4 cm³/mol. The molecule has 0 bridgehead atoms. The zero-order chi connectivity index (χ0) is 17.7. The van der Waals surface area contributed by atoms with Gasteiger partial charge < -0.3 is 4.90 Å². The van der Waals surface area contributed by atoms with Crippen molar-refractivity contribution in [2.75, 3.05) is 26.2 Å². The summed E-state index contributed by atoms with van der Waals surface area (Å²) < 4.78 is 27.2. The van der Waals surface area contributed by atoms with E-state index in [2.05, 4.69) is 6.92 Å². The molecule has 1 saturated heterocycles. The van der Waals surface area contributed by atoms with Crippen molar-refractivity contribution in [1.82, 2.24) is 9.21 Å². The highest BCUT2D eigenvalue weighted by atomic mass is 32.2. The number of benzene rings is 1. The van der Waals surface area contributed by atoms with Crippen LogP contribution >= 0.6 is 0 Å². The van der Waals surface area contributed by atoms with Crippen molar-refractivity contribution in [1.29, 1.82) is 0 Å². The topological polar surface area (TPSA) is 57.7 Å². The first kappa shape index (κ1) is 18.9. The van der Waals surface area contributed by atoms with Crippen molar-refractivity contribution in [3.05, 3.63) is 29.3 Å². The summed E-state index contributed by atoms with van der Waals surface area (Å²) in [5.41, 5.74) is 1.70. The fourth-order valence-corrected chi connectivity index (χ4v) is 4.72. The highest BCUT2D eigenvalue weighted by Gasteiger charge is 2.30. The van der Waals surface area contributed by atoms with Gasteiger partial charge in [0, 0.05) is 32.6 Å². The Balaban J connectivity index is 2.01. The second kappa shape index (κ2) is 8.12. The van der Waals surface area contributed by atoms with Crippen LogP contribution in [0.15, 0.2) is 23.1 Å². The average molecular weight is 353 g/mol. The summed E-state index contributed by atoms with van der Waals surface area (Å²) in [6, 6.07) is 5.49. The minimum atomic E-state index is -3.49. The number of carbonyl (C=O) groups is 1. The molecular formula is C18H28N2O3S. The summed E-state index contributed by atoms with van der Waals surface area (Å²) >= 11 is 0. The lowest BCUT2D eigenvalue weighted by Gasteiger charge is -2.34. The van der Waals surface area contributed by atoms with Crippen LogP contribution < -0.4 is 0 Å². The summed E-state index contributed by atoms with van der Waals surface area (Å²) in [4.78, 5) is 14.3. The Morgan fingerprint density at radius 2 is 1.75 bits per heavy atom. The number of aryl methyl sites for hydroxylation is 2. The molecule has 0 unspecified atom stereocenters. The van der Waals surface area contributed by atoms with Crippen molar-refractivity contribution in [2.24, 2.45) is 0 Å². The van der Waals surface area contributed by atoms with Crippen LogP contribution in [0.5, 0.6) is 0 Å². The summed E-state index contributed by atoms with van der Waals surface area (Å²) in [6.45, 7) is 7.53. The Labute approximate surface area is 145 Å². The number of piperazine rings is 1. The van der Waals surface area contributed by atoms with E-state index in [9.17, 15) is 13.2 Å². The number of hydrogen-bond donors (Lipinski definition) is 0. The first-order valence-corrected chi connectivity index (χ1v) is 10.2. The number of rotatable bonds is 6. The van der Waals surface area contributed by atoms with E-state index in [4.69, 9.17) is 0 Å². The Morgan fingerprint density at radius 3 is 2.38 bits per heavy atom. The van der Waals surface area contributed by atoms with Gasteiger partial charge in [-0.2, -0.15) is 4.31 Å². The van der Waals surface area contributed by atoms with E-state index in [1.807, 2.05) is 26.0 Å². The molecule has 2 rings (SSSR count). The molecule has 0 N–H and O–H groups in total. The molecule has 1 aliphatic rings. The van der Waals surface area contributed by atoms with Crippen LogP contribution in [-0.4, -0.2) is 49.7 Å². The van der Waals surface area contributed by atoms with E-state index in [0.29, 0.717) is 37.5 Å². The Hall–Kier alpha value is -1.40. The van der Waals surface area contributed by atoms with Gasteiger partial charge in [-0.15, -0.1) is 0 Å². The molecule has 1 heterocycles. The molecule has 6 heteroatoms. The van der Waals surface area contributed by atoms with Crippen LogP contribution in [0, 0.1) is 13.8 Å². The molecule has 0 spiro atoms. The standard InChI is InChI=1S/C18H28N2O3S/c1-4-5-6-7-18(21)19-10-12-20(13-11-19)24(22,23)17-14-15(2)8-9-16(17)3/h8-9,14H,4-7,10-13H2,1-3H3. The zero-order valence-corrected chi connectivity index (χ0v) is 15.7. The number of carbonyl (C=O) groups excluding carboxylic acids is 1. The molecule has 0 aromatic heterocycles. The highest BCUT2D eigenvalue weighted by molar-refractivity contribution is 7.89. The number of hydrogen-bond acceptors (Lipinski definition) is 3. The van der Waals surface area contributed by atoms with Crippen LogP contribution in [-0.2, 0) is 14.8 Å². The average Bonchev–Trinajstić information content (AvgIpc) is 2.57. The molecule has 1 aromatic carbocycles. The Morgan fingerprint density at radius 1 is 1.08 bits per heavy atom. The van der Waals surface area contributed by atoms with Gasteiger partial charge >= 0.3 is 0 Å². The van der Waals surface area contributed by atoms with E-state index in [0.717, 1.165) is 30.4 Å². The van der Waals surface area contributed by atoms with Gasteiger partial charge in [0.05, 0.1) is 4.90 Å². The molecule has 5 nitrogen and oxygen atoms in total. The van der Waals surface area contributed by atoms with Gasteiger partial charge in [-0.25, -0.2) is 8.42 Å². The summed E-state index contributed by atoms with van der Waals surface area (Å²) in [5, 5.41) is 0. The maximum atomic E-state index is 12.9. The lowest BCUT2D eigenvalue weighted by Crippen LogP contribution is -2.50. The van der Waals surface area contributed by atoms with Gasteiger partial charge in [0.25, 0.3) is 0 Å². The van der Waals surface area contributed by atoms with Crippen molar-refractivity contribution in [2.45, 2.75) is 51.3 Å². The SMILES string of the molecule is CCCCCC(=O)N1CCN(S(=O)(=O)c2cc(C)ccc2C)CC1. The summed E-state index contributed by atoms with van der Waals surface area (Å²) in [5.74, 6) is 0.146. The number of nitrogens with zero attached hydrogens (tertiary/aromatic N) is 2. The fraction of sp³-hybridized carbons (Fsp3) is 0.611. The molecule has 0 saturated carbocycles. The third-order valence-corrected chi connectivity index (χ3v) is 6.59. The van der Waals surface area contributed by atoms with Gasteiger partial charge in [-0.3, -0.25) is 4.79 Å². The van der Waals surface area contributed by atoms with Crippen LogP contribution in [0.1, 0.15) is 43.7 Å². The van der Waals surface area contributed by atoms with E-state index < -0.39 is 10.0 Å². The number of unbranched alkanes of at least 4 members (excludes halogenated alkanes) is 2.